The molecule has 0 radical (unpaired) electrons. The molecule has 0 aromatic rings. The summed E-state index contributed by atoms with van der Waals surface area (Å²) < 4.78 is 0. The van der Waals surface area contributed by atoms with E-state index in [1.54, 1.807) is 0 Å². The van der Waals surface area contributed by atoms with Gasteiger partial charge in [-0.05, 0) is 20.3 Å². The summed E-state index contributed by atoms with van der Waals surface area (Å²) in [5.74, 6) is -0.243. The number of halogens is 1. The third-order valence-electron chi connectivity index (χ3n) is 2.45. The number of hydrogen-bond donors (Lipinski definition) is 4. The van der Waals surface area contributed by atoms with Gasteiger partial charge in [0.25, 0.3) is 0 Å². The van der Waals surface area contributed by atoms with Crippen LogP contribution in [0.1, 0.15) is 40.0 Å². The van der Waals surface area contributed by atoms with E-state index in [9.17, 15) is 9.59 Å². The molecule has 18 heavy (non-hydrogen) atoms. The monoisotopic (exact) mass is 280 g/mol. The molecule has 0 spiro atoms. The van der Waals surface area contributed by atoms with Crippen molar-refractivity contribution in [3.05, 3.63) is 0 Å². The molecular formula is C11H25ClN4O2. The van der Waals surface area contributed by atoms with Crippen LogP contribution in [0.5, 0.6) is 0 Å². The SMILES string of the molecule is CCCCC(NC(N)=O)C(=O)NC(C)(C)CN.Cl. The van der Waals surface area contributed by atoms with Crippen LogP contribution in [0, 0.1) is 0 Å². The van der Waals surface area contributed by atoms with Gasteiger partial charge in [-0.25, -0.2) is 4.79 Å². The predicted octanol–water partition coefficient (Wildman–Crippen LogP) is 0.489. The minimum atomic E-state index is -0.688. The first-order valence-electron chi connectivity index (χ1n) is 5.90. The molecule has 0 fully saturated rings. The Kier molecular flexibility index (Phi) is 9.66. The summed E-state index contributed by atoms with van der Waals surface area (Å²) in [6.45, 7) is 6.00. The molecule has 7 heteroatoms. The number of carbonyl (C=O) groups excluding carboxylic acids is 2. The highest BCUT2D eigenvalue weighted by Crippen LogP contribution is 2.04. The first-order chi connectivity index (χ1) is 7.82. The van der Waals surface area contributed by atoms with Gasteiger partial charge in [-0.1, -0.05) is 19.8 Å². The van der Waals surface area contributed by atoms with Crippen LogP contribution in [-0.4, -0.2) is 30.1 Å². The Morgan fingerprint density at radius 3 is 2.28 bits per heavy atom. The Labute approximate surface area is 115 Å². The van der Waals surface area contributed by atoms with Crippen molar-refractivity contribution in [2.24, 2.45) is 11.5 Å². The quantitative estimate of drug-likeness (QED) is 0.545. The molecule has 108 valence electrons. The zero-order valence-electron chi connectivity index (χ0n) is 11.3. The number of rotatable bonds is 7. The topological polar surface area (TPSA) is 110 Å². The second kappa shape index (κ2) is 8.99. The van der Waals surface area contributed by atoms with Gasteiger partial charge in [0.1, 0.15) is 6.04 Å². The van der Waals surface area contributed by atoms with Gasteiger partial charge in [0.15, 0.2) is 0 Å². The molecule has 1 unspecified atom stereocenters. The molecule has 3 amide bonds. The van der Waals surface area contributed by atoms with Crippen LogP contribution in [0.3, 0.4) is 0 Å². The van der Waals surface area contributed by atoms with E-state index in [1.807, 2.05) is 20.8 Å². The molecule has 0 aromatic carbocycles. The molecule has 6 nitrogen and oxygen atoms in total. The number of amides is 3. The normalized spacial score (nSPS) is 12.2. The first kappa shape index (κ1) is 19.3. The standard InChI is InChI=1S/C11H24N4O2.ClH/c1-4-5-6-8(14-10(13)17)9(16)15-11(2,3)7-12;/h8H,4-7,12H2,1-3H3,(H,15,16)(H3,13,14,17);1H. The van der Waals surface area contributed by atoms with Crippen LogP contribution in [-0.2, 0) is 4.79 Å². The molecule has 0 bridgehead atoms. The van der Waals surface area contributed by atoms with E-state index in [-0.39, 0.29) is 18.3 Å². The van der Waals surface area contributed by atoms with Crippen molar-refractivity contribution >= 4 is 24.3 Å². The minimum absolute atomic E-state index is 0. The first-order valence-corrected chi connectivity index (χ1v) is 5.90. The number of hydrogen-bond acceptors (Lipinski definition) is 3. The average molecular weight is 281 g/mol. The predicted molar refractivity (Wildman–Crippen MR) is 74.6 cm³/mol. The lowest BCUT2D eigenvalue weighted by Gasteiger charge is -2.27. The van der Waals surface area contributed by atoms with Crippen LogP contribution >= 0.6 is 12.4 Å². The molecule has 0 aliphatic rings. The summed E-state index contributed by atoms with van der Waals surface area (Å²) in [6.07, 6.45) is 2.37. The lowest BCUT2D eigenvalue weighted by atomic mass is 10.0. The van der Waals surface area contributed by atoms with E-state index >= 15 is 0 Å². The summed E-state index contributed by atoms with van der Waals surface area (Å²) in [4.78, 5) is 22.7. The van der Waals surface area contributed by atoms with Crippen molar-refractivity contribution in [3.63, 3.8) is 0 Å². The zero-order valence-corrected chi connectivity index (χ0v) is 12.1. The summed E-state index contributed by atoms with van der Waals surface area (Å²) in [7, 11) is 0. The fourth-order valence-electron chi connectivity index (χ4n) is 1.32. The van der Waals surface area contributed by atoms with Crippen molar-refractivity contribution in [3.8, 4) is 0 Å². The molecule has 0 saturated carbocycles. The summed E-state index contributed by atoms with van der Waals surface area (Å²) >= 11 is 0. The van der Waals surface area contributed by atoms with Gasteiger partial charge in [-0.15, -0.1) is 12.4 Å². The molecule has 0 saturated heterocycles. The zero-order chi connectivity index (χ0) is 13.5. The largest absolute Gasteiger partial charge is 0.352 e. The molecule has 0 aromatic heterocycles. The Morgan fingerprint density at radius 1 is 1.33 bits per heavy atom. The summed E-state index contributed by atoms with van der Waals surface area (Å²) in [6, 6.07) is -1.27. The van der Waals surface area contributed by atoms with E-state index in [2.05, 4.69) is 10.6 Å². The van der Waals surface area contributed by atoms with Crippen LogP contribution in [0.15, 0.2) is 0 Å². The summed E-state index contributed by atoms with van der Waals surface area (Å²) in [5.41, 5.74) is 10.1. The van der Waals surface area contributed by atoms with Crippen molar-refractivity contribution in [2.45, 2.75) is 51.6 Å². The molecular weight excluding hydrogens is 256 g/mol. The highest BCUT2D eigenvalue weighted by Gasteiger charge is 2.25. The van der Waals surface area contributed by atoms with E-state index < -0.39 is 17.6 Å². The van der Waals surface area contributed by atoms with Gasteiger partial charge < -0.3 is 22.1 Å². The molecule has 0 rings (SSSR count). The number of urea groups is 1. The maximum absolute atomic E-state index is 11.9. The van der Waals surface area contributed by atoms with Crippen molar-refractivity contribution in [1.82, 2.24) is 10.6 Å². The van der Waals surface area contributed by atoms with Gasteiger partial charge in [0.2, 0.25) is 5.91 Å². The Balaban J connectivity index is 0. The van der Waals surface area contributed by atoms with Gasteiger partial charge >= 0.3 is 6.03 Å². The van der Waals surface area contributed by atoms with Crippen molar-refractivity contribution in [1.29, 1.82) is 0 Å². The maximum Gasteiger partial charge on any atom is 0.312 e. The van der Waals surface area contributed by atoms with Crippen LogP contribution in [0.25, 0.3) is 0 Å². The van der Waals surface area contributed by atoms with E-state index in [4.69, 9.17) is 11.5 Å². The fraction of sp³-hybridized carbons (Fsp3) is 0.818. The van der Waals surface area contributed by atoms with Crippen LogP contribution in [0.4, 0.5) is 4.79 Å². The van der Waals surface area contributed by atoms with Crippen molar-refractivity contribution in [2.75, 3.05) is 6.54 Å². The van der Waals surface area contributed by atoms with Gasteiger partial charge in [0.05, 0.1) is 0 Å². The van der Waals surface area contributed by atoms with Gasteiger partial charge in [-0.2, -0.15) is 0 Å². The number of unbranched alkanes of at least 4 members (excludes halogenated alkanes) is 1. The molecule has 6 N–H and O–H groups in total. The molecule has 0 aliphatic carbocycles. The molecule has 1 atom stereocenters. The molecule has 0 heterocycles. The highest BCUT2D eigenvalue weighted by atomic mass is 35.5. The van der Waals surface area contributed by atoms with Crippen LogP contribution < -0.4 is 22.1 Å². The summed E-state index contributed by atoms with van der Waals surface area (Å²) in [5, 5.41) is 5.23. The van der Waals surface area contributed by atoms with Gasteiger partial charge in [0, 0.05) is 12.1 Å². The fourth-order valence-corrected chi connectivity index (χ4v) is 1.32. The van der Waals surface area contributed by atoms with E-state index in [1.165, 1.54) is 0 Å². The maximum atomic E-state index is 11.9. The molecule has 0 aliphatic heterocycles. The number of carbonyl (C=O) groups is 2. The smallest absolute Gasteiger partial charge is 0.312 e. The highest BCUT2D eigenvalue weighted by molar-refractivity contribution is 5.87. The minimum Gasteiger partial charge on any atom is -0.352 e. The van der Waals surface area contributed by atoms with E-state index in [0.29, 0.717) is 13.0 Å². The Morgan fingerprint density at radius 2 is 1.89 bits per heavy atom. The Bertz CT molecular complexity index is 272. The average Bonchev–Trinajstić information content (AvgIpc) is 2.23. The second-order valence-electron chi connectivity index (χ2n) is 4.78. The third kappa shape index (κ3) is 8.14. The second-order valence-corrected chi connectivity index (χ2v) is 4.78. The number of primary amides is 1. The van der Waals surface area contributed by atoms with Gasteiger partial charge in [-0.3, -0.25) is 4.79 Å². The van der Waals surface area contributed by atoms with Crippen molar-refractivity contribution < 1.29 is 9.59 Å². The number of nitrogens with one attached hydrogen (secondary N) is 2. The van der Waals surface area contributed by atoms with Crippen LogP contribution in [0.2, 0.25) is 0 Å². The third-order valence-corrected chi connectivity index (χ3v) is 2.45. The lowest BCUT2D eigenvalue weighted by Crippen LogP contribution is -2.56. The Hall–Kier alpha value is -1.01. The lowest BCUT2D eigenvalue weighted by molar-refractivity contribution is -0.124. The van der Waals surface area contributed by atoms with E-state index in [0.717, 1.165) is 12.8 Å². The number of nitrogens with two attached hydrogens (primary N) is 2.